The lowest BCUT2D eigenvalue weighted by Gasteiger charge is -2.17. The molecule has 0 unspecified atom stereocenters. The molecule has 0 saturated carbocycles. The Kier molecular flexibility index (Phi) is 4.96. The van der Waals surface area contributed by atoms with E-state index < -0.39 is 0 Å². The number of methoxy groups -OCH3 is 2. The molecular weight excluding hydrogens is 252 g/mol. The van der Waals surface area contributed by atoms with Crippen LogP contribution in [0.25, 0.3) is 0 Å². The summed E-state index contributed by atoms with van der Waals surface area (Å²) in [5.74, 6) is 1.55. The highest BCUT2D eigenvalue weighted by Crippen LogP contribution is 2.25. The molecule has 1 N–H and O–H groups in total. The lowest BCUT2D eigenvalue weighted by atomic mass is 10.1. The maximum atomic E-state index is 5.39. The van der Waals surface area contributed by atoms with Gasteiger partial charge in [-0.15, -0.1) is 0 Å². The summed E-state index contributed by atoms with van der Waals surface area (Å²) in [6.07, 6.45) is 1.73. The Bertz CT molecular complexity index is 558. The van der Waals surface area contributed by atoms with Gasteiger partial charge in [0.25, 0.3) is 0 Å². The Labute approximate surface area is 119 Å². The van der Waals surface area contributed by atoms with E-state index in [1.165, 1.54) is 0 Å². The predicted octanol–water partition coefficient (Wildman–Crippen LogP) is 2.95. The van der Waals surface area contributed by atoms with Crippen molar-refractivity contribution in [2.45, 2.75) is 19.5 Å². The Morgan fingerprint density at radius 2 is 1.90 bits per heavy atom. The van der Waals surface area contributed by atoms with Gasteiger partial charge in [-0.1, -0.05) is 24.3 Å². The number of para-hydroxylation sites is 1. The molecule has 4 heteroatoms. The molecule has 1 aromatic carbocycles. The predicted molar refractivity (Wildman–Crippen MR) is 79.0 cm³/mol. The van der Waals surface area contributed by atoms with Gasteiger partial charge in [0.1, 0.15) is 5.75 Å². The monoisotopic (exact) mass is 272 g/mol. The molecule has 1 atom stereocenters. The van der Waals surface area contributed by atoms with Crippen LogP contribution in [0.4, 0.5) is 0 Å². The highest BCUT2D eigenvalue weighted by Gasteiger charge is 2.11. The zero-order valence-electron chi connectivity index (χ0n) is 12.1. The second-order valence-electron chi connectivity index (χ2n) is 4.52. The maximum Gasteiger partial charge on any atom is 0.217 e. The van der Waals surface area contributed by atoms with Crippen molar-refractivity contribution in [1.82, 2.24) is 10.3 Å². The van der Waals surface area contributed by atoms with Gasteiger partial charge in [0.05, 0.1) is 14.2 Å². The van der Waals surface area contributed by atoms with E-state index in [0.717, 1.165) is 16.9 Å². The molecule has 0 fully saturated rings. The first-order chi connectivity index (χ1) is 9.76. The highest BCUT2D eigenvalue weighted by molar-refractivity contribution is 5.35. The highest BCUT2D eigenvalue weighted by atomic mass is 16.5. The quantitative estimate of drug-likeness (QED) is 0.878. The number of nitrogens with one attached hydrogen (secondary N) is 1. The third-order valence-electron chi connectivity index (χ3n) is 3.25. The number of pyridine rings is 1. The smallest absolute Gasteiger partial charge is 0.217 e. The fourth-order valence-electron chi connectivity index (χ4n) is 2.14. The topological polar surface area (TPSA) is 43.4 Å². The van der Waals surface area contributed by atoms with Crippen LogP contribution in [0.1, 0.15) is 24.1 Å². The van der Waals surface area contributed by atoms with Crippen LogP contribution in [0.5, 0.6) is 11.6 Å². The first-order valence-electron chi connectivity index (χ1n) is 6.60. The minimum absolute atomic E-state index is 0.177. The summed E-state index contributed by atoms with van der Waals surface area (Å²) in [6.45, 7) is 2.80. The van der Waals surface area contributed by atoms with E-state index in [1.807, 2.05) is 30.3 Å². The van der Waals surface area contributed by atoms with Crippen LogP contribution in [0.15, 0.2) is 42.6 Å². The molecule has 1 heterocycles. The molecule has 106 valence electrons. The van der Waals surface area contributed by atoms with E-state index >= 15 is 0 Å². The van der Waals surface area contributed by atoms with Gasteiger partial charge in [0, 0.05) is 29.9 Å². The molecule has 2 aromatic rings. The van der Waals surface area contributed by atoms with E-state index in [1.54, 1.807) is 20.4 Å². The molecule has 0 bridgehead atoms. The fourth-order valence-corrected chi connectivity index (χ4v) is 2.14. The Morgan fingerprint density at radius 3 is 2.65 bits per heavy atom. The molecule has 0 amide bonds. The first-order valence-corrected chi connectivity index (χ1v) is 6.60. The molecule has 4 nitrogen and oxygen atoms in total. The number of hydrogen-bond donors (Lipinski definition) is 1. The van der Waals surface area contributed by atoms with Crippen molar-refractivity contribution < 1.29 is 9.47 Å². The SMILES string of the molecule is COc1ccccc1[C@H](C)NCc1cccnc1OC. The van der Waals surface area contributed by atoms with E-state index in [2.05, 4.69) is 23.3 Å². The molecule has 2 rings (SSSR count). The van der Waals surface area contributed by atoms with Crippen molar-refractivity contribution in [1.29, 1.82) is 0 Å². The molecule has 0 aliphatic heterocycles. The number of hydrogen-bond acceptors (Lipinski definition) is 4. The van der Waals surface area contributed by atoms with E-state index in [-0.39, 0.29) is 6.04 Å². The van der Waals surface area contributed by atoms with Gasteiger partial charge in [0.15, 0.2) is 0 Å². The first kappa shape index (κ1) is 14.3. The average molecular weight is 272 g/mol. The third kappa shape index (κ3) is 3.27. The zero-order chi connectivity index (χ0) is 14.4. The van der Waals surface area contributed by atoms with Gasteiger partial charge < -0.3 is 14.8 Å². The molecular formula is C16H20N2O2. The van der Waals surface area contributed by atoms with Crippen LogP contribution in [-0.2, 0) is 6.54 Å². The number of benzene rings is 1. The van der Waals surface area contributed by atoms with Crippen molar-refractivity contribution in [3.63, 3.8) is 0 Å². The van der Waals surface area contributed by atoms with Crippen molar-refractivity contribution in [2.75, 3.05) is 14.2 Å². The molecule has 0 spiro atoms. The fraction of sp³-hybridized carbons (Fsp3) is 0.312. The Morgan fingerprint density at radius 1 is 1.10 bits per heavy atom. The van der Waals surface area contributed by atoms with Crippen LogP contribution in [0, 0.1) is 0 Å². The van der Waals surface area contributed by atoms with Gasteiger partial charge in [-0.3, -0.25) is 0 Å². The summed E-state index contributed by atoms with van der Waals surface area (Å²) < 4.78 is 10.6. The summed E-state index contributed by atoms with van der Waals surface area (Å²) in [6, 6.07) is 12.1. The van der Waals surface area contributed by atoms with E-state index in [4.69, 9.17) is 9.47 Å². The van der Waals surface area contributed by atoms with E-state index in [0.29, 0.717) is 12.4 Å². The molecule has 1 aromatic heterocycles. The number of aromatic nitrogens is 1. The summed E-state index contributed by atoms with van der Waals surface area (Å²) in [5, 5.41) is 3.46. The summed E-state index contributed by atoms with van der Waals surface area (Å²) in [5.41, 5.74) is 2.18. The normalized spacial score (nSPS) is 11.9. The van der Waals surface area contributed by atoms with Crippen LogP contribution in [-0.4, -0.2) is 19.2 Å². The number of rotatable bonds is 6. The van der Waals surface area contributed by atoms with E-state index in [9.17, 15) is 0 Å². The third-order valence-corrected chi connectivity index (χ3v) is 3.25. The largest absolute Gasteiger partial charge is 0.496 e. The molecule has 20 heavy (non-hydrogen) atoms. The second-order valence-corrected chi connectivity index (χ2v) is 4.52. The Hall–Kier alpha value is -2.07. The van der Waals surface area contributed by atoms with Crippen molar-refractivity contribution >= 4 is 0 Å². The maximum absolute atomic E-state index is 5.39. The number of nitrogens with zero attached hydrogens (tertiary/aromatic N) is 1. The number of ether oxygens (including phenoxy) is 2. The molecule has 0 radical (unpaired) electrons. The van der Waals surface area contributed by atoms with Crippen LogP contribution >= 0.6 is 0 Å². The minimum atomic E-state index is 0.177. The molecule has 0 aliphatic carbocycles. The zero-order valence-corrected chi connectivity index (χ0v) is 12.1. The van der Waals surface area contributed by atoms with Gasteiger partial charge in [-0.05, 0) is 19.1 Å². The van der Waals surface area contributed by atoms with Gasteiger partial charge >= 0.3 is 0 Å². The van der Waals surface area contributed by atoms with Crippen LogP contribution < -0.4 is 14.8 Å². The molecule has 0 saturated heterocycles. The van der Waals surface area contributed by atoms with Crippen molar-refractivity contribution in [2.24, 2.45) is 0 Å². The summed E-state index contributed by atoms with van der Waals surface area (Å²) in [7, 11) is 3.32. The average Bonchev–Trinajstić information content (AvgIpc) is 2.52. The van der Waals surface area contributed by atoms with Gasteiger partial charge in [-0.25, -0.2) is 4.98 Å². The van der Waals surface area contributed by atoms with Gasteiger partial charge in [-0.2, -0.15) is 0 Å². The summed E-state index contributed by atoms with van der Waals surface area (Å²) in [4.78, 5) is 4.19. The minimum Gasteiger partial charge on any atom is -0.496 e. The summed E-state index contributed by atoms with van der Waals surface area (Å²) >= 11 is 0. The van der Waals surface area contributed by atoms with Crippen molar-refractivity contribution in [3.8, 4) is 11.6 Å². The Balaban J connectivity index is 2.07. The van der Waals surface area contributed by atoms with Crippen molar-refractivity contribution in [3.05, 3.63) is 53.7 Å². The van der Waals surface area contributed by atoms with Crippen LogP contribution in [0.2, 0.25) is 0 Å². The second kappa shape index (κ2) is 6.91. The standard InChI is InChI=1S/C16H20N2O2/c1-12(14-8-4-5-9-15(14)19-2)18-11-13-7-6-10-17-16(13)20-3/h4-10,12,18H,11H2,1-3H3/t12-/m0/s1. The molecule has 0 aliphatic rings. The van der Waals surface area contributed by atoms with Crippen LogP contribution in [0.3, 0.4) is 0 Å². The lowest BCUT2D eigenvalue weighted by Crippen LogP contribution is -2.19. The van der Waals surface area contributed by atoms with Gasteiger partial charge in [0.2, 0.25) is 5.88 Å². The lowest BCUT2D eigenvalue weighted by molar-refractivity contribution is 0.386.